The van der Waals surface area contributed by atoms with E-state index in [1.54, 1.807) is 31.9 Å². The highest BCUT2D eigenvalue weighted by atomic mass is 16.5. The Morgan fingerprint density at radius 1 is 1.11 bits per heavy atom. The minimum absolute atomic E-state index is 0.0578. The normalized spacial score (nSPS) is 19.4. The van der Waals surface area contributed by atoms with Gasteiger partial charge in [0.2, 0.25) is 11.8 Å². The maximum Gasteiger partial charge on any atom is 0.333 e. The van der Waals surface area contributed by atoms with Gasteiger partial charge in [-0.25, -0.2) is 4.79 Å². The Morgan fingerprint density at radius 2 is 1.71 bits per heavy atom. The van der Waals surface area contributed by atoms with Crippen molar-refractivity contribution in [2.75, 3.05) is 20.2 Å². The van der Waals surface area contributed by atoms with Crippen LogP contribution in [0.1, 0.15) is 94.4 Å². The lowest BCUT2D eigenvalue weighted by Crippen LogP contribution is -2.61. The second-order valence-electron chi connectivity index (χ2n) is 11.3. The van der Waals surface area contributed by atoms with Crippen molar-refractivity contribution < 1.29 is 19.1 Å². The lowest BCUT2D eigenvalue weighted by molar-refractivity contribution is -0.142. The number of amides is 2. The zero-order valence-electron chi connectivity index (χ0n) is 23.9. The van der Waals surface area contributed by atoms with Crippen molar-refractivity contribution in [3.05, 3.63) is 11.6 Å². The molecule has 0 aliphatic carbocycles. The van der Waals surface area contributed by atoms with Gasteiger partial charge >= 0.3 is 5.97 Å². The number of hydrogen-bond acceptors (Lipinski definition) is 5. The third-order valence-electron chi connectivity index (χ3n) is 7.15. The van der Waals surface area contributed by atoms with Crippen molar-refractivity contribution >= 4 is 17.8 Å². The number of esters is 1. The molecule has 1 heterocycles. The topological polar surface area (TPSA) is 79.0 Å². The van der Waals surface area contributed by atoms with E-state index in [0.29, 0.717) is 18.2 Å². The Hall–Kier alpha value is -1.89. The van der Waals surface area contributed by atoms with Gasteiger partial charge in [0.25, 0.3) is 0 Å². The molecule has 7 nitrogen and oxygen atoms in total. The molecule has 0 radical (unpaired) electrons. The van der Waals surface area contributed by atoms with Gasteiger partial charge < -0.3 is 15.0 Å². The fourth-order valence-electron chi connectivity index (χ4n) is 4.99. The third-order valence-corrected chi connectivity index (χ3v) is 7.15. The van der Waals surface area contributed by atoms with E-state index in [1.165, 1.54) is 0 Å². The number of nitrogens with one attached hydrogen (secondary N) is 1. The Morgan fingerprint density at radius 3 is 2.20 bits per heavy atom. The van der Waals surface area contributed by atoms with Gasteiger partial charge in [-0.2, -0.15) is 0 Å². The van der Waals surface area contributed by atoms with Crippen LogP contribution in [0.5, 0.6) is 0 Å². The molecule has 2 amide bonds. The SMILES string of the molecule is CCOC(=O)/C(C)=C/[C@H](C(C)C)N(C)C(=O)C(NC(=O)C1CCCCN1C(CC)CC)C(C)(C)C. The van der Waals surface area contributed by atoms with Crippen LogP contribution in [0.4, 0.5) is 0 Å². The number of likely N-dealkylation sites (tertiary alicyclic amines) is 1. The summed E-state index contributed by atoms with van der Waals surface area (Å²) in [5.41, 5.74) is 0.00110. The van der Waals surface area contributed by atoms with Crippen molar-refractivity contribution in [1.29, 1.82) is 0 Å². The van der Waals surface area contributed by atoms with Crippen LogP contribution in [0.2, 0.25) is 0 Å². The molecule has 0 aromatic rings. The summed E-state index contributed by atoms with van der Waals surface area (Å²) < 4.78 is 5.12. The van der Waals surface area contributed by atoms with Crippen LogP contribution < -0.4 is 5.32 Å². The smallest absolute Gasteiger partial charge is 0.333 e. The van der Waals surface area contributed by atoms with E-state index in [1.807, 2.05) is 34.6 Å². The zero-order valence-corrected chi connectivity index (χ0v) is 23.9. The summed E-state index contributed by atoms with van der Waals surface area (Å²) in [4.78, 5) is 43.6. The van der Waals surface area contributed by atoms with Gasteiger partial charge in [-0.1, -0.05) is 61.0 Å². The Balaban J connectivity index is 3.19. The van der Waals surface area contributed by atoms with E-state index in [0.717, 1.165) is 38.6 Å². The van der Waals surface area contributed by atoms with E-state index in [-0.39, 0.29) is 35.8 Å². The molecule has 0 aromatic heterocycles. The second kappa shape index (κ2) is 14.0. The molecule has 35 heavy (non-hydrogen) atoms. The van der Waals surface area contributed by atoms with Crippen molar-refractivity contribution in [3.8, 4) is 0 Å². The third kappa shape index (κ3) is 8.62. The van der Waals surface area contributed by atoms with Crippen LogP contribution in [0.25, 0.3) is 0 Å². The van der Waals surface area contributed by atoms with Gasteiger partial charge in [0.15, 0.2) is 0 Å². The molecule has 1 rings (SSSR count). The molecule has 0 bridgehead atoms. The largest absolute Gasteiger partial charge is 0.463 e. The first-order valence-electron chi connectivity index (χ1n) is 13.5. The second-order valence-corrected chi connectivity index (χ2v) is 11.3. The molecule has 0 saturated carbocycles. The van der Waals surface area contributed by atoms with Gasteiger partial charge in [-0.05, 0) is 57.4 Å². The van der Waals surface area contributed by atoms with Crippen LogP contribution in [0.15, 0.2) is 11.6 Å². The van der Waals surface area contributed by atoms with Gasteiger partial charge in [-0.15, -0.1) is 0 Å². The van der Waals surface area contributed by atoms with Crippen LogP contribution in [0, 0.1) is 11.3 Å². The Kier molecular flexibility index (Phi) is 12.5. The molecule has 1 aliphatic rings. The predicted molar refractivity (Wildman–Crippen MR) is 142 cm³/mol. The van der Waals surface area contributed by atoms with Gasteiger partial charge in [0.1, 0.15) is 6.04 Å². The molecular weight excluding hydrogens is 442 g/mol. The molecule has 0 spiro atoms. The molecular formula is C28H51N3O4. The molecule has 2 unspecified atom stereocenters. The number of carbonyl (C=O) groups excluding carboxylic acids is 3. The molecule has 1 fully saturated rings. The molecule has 1 N–H and O–H groups in total. The summed E-state index contributed by atoms with van der Waals surface area (Å²) in [5, 5.41) is 3.15. The van der Waals surface area contributed by atoms with Crippen molar-refractivity contribution in [1.82, 2.24) is 15.1 Å². The number of likely N-dealkylation sites (N-methyl/N-ethyl adjacent to an activating group) is 1. The number of piperidine rings is 1. The fraction of sp³-hybridized carbons (Fsp3) is 0.821. The van der Waals surface area contributed by atoms with Crippen molar-refractivity contribution in [2.45, 2.75) is 119 Å². The monoisotopic (exact) mass is 493 g/mol. The van der Waals surface area contributed by atoms with Crippen LogP contribution >= 0.6 is 0 Å². The van der Waals surface area contributed by atoms with Crippen LogP contribution in [-0.4, -0.2) is 72.0 Å². The average Bonchev–Trinajstić information content (AvgIpc) is 2.80. The summed E-state index contributed by atoms with van der Waals surface area (Å²) in [7, 11) is 1.75. The van der Waals surface area contributed by atoms with E-state index < -0.39 is 11.5 Å². The van der Waals surface area contributed by atoms with E-state index in [4.69, 9.17) is 4.74 Å². The minimum Gasteiger partial charge on any atom is -0.463 e. The zero-order chi connectivity index (χ0) is 26.9. The highest BCUT2D eigenvalue weighted by molar-refractivity contribution is 5.91. The fourth-order valence-corrected chi connectivity index (χ4v) is 4.99. The van der Waals surface area contributed by atoms with E-state index >= 15 is 0 Å². The first-order valence-corrected chi connectivity index (χ1v) is 13.5. The number of rotatable bonds is 11. The summed E-state index contributed by atoms with van der Waals surface area (Å²) >= 11 is 0. The summed E-state index contributed by atoms with van der Waals surface area (Å²) in [6.45, 7) is 19.0. The van der Waals surface area contributed by atoms with Crippen LogP contribution in [-0.2, 0) is 19.1 Å². The first-order chi connectivity index (χ1) is 16.3. The van der Waals surface area contributed by atoms with Crippen LogP contribution in [0.3, 0.4) is 0 Å². The summed E-state index contributed by atoms with van der Waals surface area (Å²) in [6, 6.07) is -0.810. The number of hydrogen-bond donors (Lipinski definition) is 1. The Labute approximate surface area is 214 Å². The first kappa shape index (κ1) is 31.1. The highest BCUT2D eigenvalue weighted by Gasteiger charge is 2.40. The number of ether oxygens (including phenoxy) is 1. The summed E-state index contributed by atoms with van der Waals surface area (Å²) in [5.74, 6) is -0.508. The quantitative estimate of drug-likeness (QED) is 0.337. The van der Waals surface area contributed by atoms with Crippen molar-refractivity contribution in [3.63, 3.8) is 0 Å². The maximum absolute atomic E-state index is 13.8. The molecule has 3 atom stereocenters. The summed E-state index contributed by atoms with van der Waals surface area (Å²) in [6.07, 6.45) is 6.76. The molecule has 7 heteroatoms. The van der Waals surface area contributed by atoms with Gasteiger partial charge in [-0.3, -0.25) is 14.5 Å². The van der Waals surface area contributed by atoms with Gasteiger partial charge in [0, 0.05) is 18.7 Å². The lowest BCUT2D eigenvalue weighted by atomic mass is 9.84. The minimum atomic E-state index is -0.678. The predicted octanol–water partition coefficient (Wildman–Crippen LogP) is 4.55. The Bertz CT molecular complexity index is 737. The number of carbonyl (C=O) groups is 3. The van der Waals surface area contributed by atoms with Crippen molar-refractivity contribution in [2.24, 2.45) is 11.3 Å². The highest BCUT2D eigenvalue weighted by Crippen LogP contribution is 2.27. The van der Waals surface area contributed by atoms with E-state index in [9.17, 15) is 14.4 Å². The lowest BCUT2D eigenvalue weighted by Gasteiger charge is -2.42. The molecule has 1 saturated heterocycles. The molecule has 202 valence electrons. The standard InChI is InChI=1S/C28H51N3O4/c1-11-21(12-2)31-17-15-14-16-22(31)25(32)29-24(28(7,8)9)26(33)30(10)23(19(4)5)18-20(6)27(34)35-13-3/h18-19,21-24H,11-17H2,1-10H3,(H,29,32)/b20-18+/t22?,23-,24?/m1/s1. The number of nitrogens with zero attached hydrogens (tertiary/aromatic N) is 2. The molecule has 1 aliphatic heterocycles. The van der Waals surface area contributed by atoms with Gasteiger partial charge in [0.05, 0.1) is 18.7 Å². The average molecular weight is 494 g/mol. The molecule has 0 aromatic carbocycles. The van der Waals surface area contributed by atoms with E-state index in [2.05, 4.69) is 24.1 Å². The maximum atomic E-state index is 13.8.